The van der Waals surface area contributed by atoms with Gasteiger partial charge in [0.2, 0.25) is 0 Å². The molecular weight excluding hydrogens is 376 g/mol. The molecule has 0 bridgehead atoms. The van der Waals surface area contributed by atoms with Gasteiger partial charge < -0.3 is 9.84 Å². The van der Waals surface area contributed by atoms with Gasteiger partial charge in [-0.05, 0) is 49.1 Å². The van der Waals surface area contributed by atoms with Crippen LogP contribution in [0.2, 0.25) is 0 Å². The quantitative estimate of drug-likeness (QED) is 0.304. The van der Waals surface area contributed by atoms with Crippen molar-refractivity contribution in [3.05, 3.63) is 35.4 Å². The van der Waals surface area contributed by atoms with Gasteiger partial charge in [0, 0.05) is 18.8 Å². The zero-order valence-electron chi connectivity index (χ0n) is 18.9. The first-order chi connectivity index (χ1) is 14.6. The van der Waals surface area contributed by atoms with Crippen LogP contribution in [0.15, 0.2) is 24.3 Å². The third-order valence-electron chi connectivity index (χ3n) is 6.54. The maximum absolute atomic E-state index is 12.6. The minimum Gasteiger partial charge on any atom is -0.469 e. The third-order valence-corrected chi connectivity index (χ3v) is 6.54. The van der Waals surface area contributed by atoms with Gasteiger partial charge in [-0.3, -0.25) is 9.59 Å². The average Bonchev–Trinajstić information content (AvgIpc) is 2.77. The van der Waals surface area contributed by atoms with Crippen LogP contribution in [-0.2, 0) is 14.3 Å². The first kappa shape index (κ1) is 24.6. The van der Waals surface area contributed by atoms with Gasteiger partial charge in [-0.1, -0.05) is 69.7 Å². The number of ether oxygens (including phenoxy) is 1. The van der Waals surface area contributed by atoms with Crippen molar-refractivity contribution >= 4 is 11.8 Å². The Morgan fingerprint density at radius 3 is 2.53 bits per heavy atom. The Morgan fingerprint density at radius 2 is 1.83 bits per heavy atom. The molecule has 0 radical (unpaired) electrons. The molecule has 2 unspecified atom stereocenters. The number of methoxy groups -OCH3 is 1. The van der Waals surface area contributed by atoms with Crippen molar-refractivity contribution in [3.63, 3.8) is 0 Å². The highest BCUT2D eigenvalue weighted by Gasteiger charge is 2.32. The number of carbonyl (C=O) groups is 2. The number of aliphatic hydroxyl groups is 1. The van der Waals surface area contributed by atoms with E-state index in [4.69, 9.17) is 0 Å². The molecule has 4 heteroatoms. The molecule has 1 fully saturated rings. The Bertz CT molecular complexity index is 637. The molecule has 1 N–H and O–H groups in total. The van der Waals surface area contributed by atoms with Crippen molar-refractivity contribution in [1.29, 1.82) is 0 Å². The summed E-state index contributed by atoms with van der Waals surface area (Å²) in [7, 11) is 1.43. The molecule has 1 aliphatic rings. The molecule has 0 amide bonds. The first-order valence-corrected chi connectivity index (χ1v) is 11.9. The zero-order valence-corrected chi connectivity index (χ0v) is 18.9. The number of rotatable bonds is 13. The fourth-order valence-corrected chi connectivity index (χ4v) is 4.68. The van der Waals surface area contributed by atoms with Gasteiger partial charge in [-0.25, -0.2) is 0 Å². The maximum atomic E-state index is 12.6. The van der Waals surface area contributed by atoms with Crippen molar-refractivity contribution in [3.8, 4) is 0 Å². The third kappa shape index (κ3) is 7.86. The minimum absolute atomic E-state index is 0.111. The smallest absolute Gasteiger partial charge is 0.305 e. The Morgan fingerprint density at radius 1 is 1.10 bits per heavy atom. The van der Waals surface area contributed by atoms with Gasteiger partial charge in [-0.15, -0.1) is 0 Å². The van der Waals surface area contributed by atoms with Gasteiger partial charge in [0.15, 0.2) is 0 Å². The molecule has 168 valence electrons. The van der Waals surface area contributed by atoms with E-state index in [2.05, 4.69) is 35.9 Å². The first-order valence-electron chi connectivity index (χ1n) is 11.9. The molecule has 3 atom stereocenters. The fraction of sp³-hybridized carbons (Fsp3) is 0.692. The van der Waals surface area contributed by atoms with E-state index in [-0.39, 0.29) is 18.0 Å². The summed E-state index contributed by atoms with van der Waals surface area (Å²) in [6.45, 7) is 2.17. The summed E-state index contributed by atoms with van der Waals surface area (Å²) in [5.41, 5.74) is 2.22. The summed E-state index contributed by atoms with van der Waals surface area (Å²) in [5, 5.41) is 10.4. The van der Waals surface area contributed by atoms with Gasteiger partial charge in [-0.2, -0.15) is 0 Å². The van der Waals surface area contributed by atoms with Crippen molar-refractivity contribution in [2.24, 2.45) is 5.92 Å². The lowest BCUT2D eigenvalue weighted by Crippen LogP contribution is -2.27. The average molecular weight is 417 g/mol. The highest BCUT2D eigenvalue weighted by Crippen LogP contribution is 2.39. The van der Waals surface area contributed by atoms with Crippen LogP contribution in [0.3, 0.4) is 0 Å². The minimum atomic E-state index is -0.389. The number of Topliss-reactive ketones (excluding diaryl/α,β-unsaturated/α-hetero) is 1. The number of unbranched alkanes of at least 4 members (excludes halogenated alkanes) is 5. The second kappa shape index (κ2) is 13.6. The number of esters is 1. The van der Waals surface area contributed by atoms with Crippen LogP contribution in [0.1, 0.15) is 114 Å². The number of benzene rings is 1. The molecule has 0 aliphatic heterocycles. The lowest BCUT2D eigenvalue weighted by molar-refractivity contribution is -0.140. The highest BCUT2D eigenvalue weighted by atomic mass is 16.5. The SMILES string of the molecule is CCCCCC(O)c1ccc([C@@H]2CCCC(=O)C2CCCCCCC(=O)OC)cc1. The molecule has 1 aromatic carbocycles. The van der Waals surface area contributed by atoms with Gasteiger partial charge in [0.05, 0.1) is 13.2 Å². The summed E-state index contributed by atoms with van der Waals surface area (Å²) < 4.78 is 4.68. The number of hydrogen-bond donors (Lipinski definition) is 1. The molecular formula is C26H40O4. The largest absolute Gasteiger partial charge is 0.469 e. The zero-order chi connectivity index (χ0) is 21.8. The summed E-state index contributed by atoms with van der Waals surface area (Å²) >= 11 is 0. The Balaban J connectivity index is 1.87. The molecule has 1 aliphatic carbocycles. The second-order valence-corrected chi connectivity index (χ2v) is 8.78. The van der Waals surface area contributed by atoms with Crippen LogP contribution in [0, 0.1) is 5.92 Å². The van der Waals surface area contributed by atoms with Crippen LogP contribution < -0.4 is 0 Å². The molecule has 4 nitrogen and oxygen atoms in total. The van der Waals surface area contributed by atoms with Crippen LogP contribution in [0.5, 0.6) is 0 Å². The van der Waals surface area contributed by atoms with E-state index < -0.39 is 0 Å². The predicted octanol–water partition coefficient (Wildman–Crippen LogP) is 6.27. The number of ketones is 1. The Labute approximate surface area is 182 Å². The van der Waals surface area contributed by atoms with E-state index in [0.29, 0.717) is 24.5 Å². The van der Waals surface area contributed by atoms with E-state index in [9.17, 15) is 14.7 Å². The van der Waals surface area contributed by atoms with Crippen LogP contribution >= 0.6 is 0 Å². The Kier molecular flexibility index (Phi) is 11.1. The van der Waals surface area contributed by atoms with Crippen LogP contribution in [0.25, 0.3) is 0 Å². The van der Waals surface area contributed by atoms with E-state index in [1.54, 1.807) is 0 Å². The molecule has 2 rings (SSSR count). The van der Waals surface area contributed by atoms with Crippen LogP contribution in [-0.4, -0.2) is 24.0 Å². The van der Waals surface area contributed by atoms with Gasteiger partial charge in [0.1, 0.15) is 5.78 Å². The molecule has 0 heterocycles. The van der Waals surface area contributed by atoms with E-state index in [0.717, 1.165) is 76.2 Å². The number of carbonyl (C=O) groups excluding carboxylic acids is 2. The highest BCUT2D eigenvalue weighted by molar-refractivity contribution is 5.82. The van der Waals surface area contributed by atoms with E-state index >= 15 is 0 Å². The molecule has 1 saturated carbocycles. The molecule has 0 saturated heterocycles. The van der Waals surface area contributed by atoms with E-state index in [1.165, 1.54) is 12.7 Å². The standard InChI is InChI=1S/C26H40O4/c1-3-4-7-13-24(27)21-18-16-20(17-19-21)22-12-10-14-25(28)23(22)11-8-5-6-9-15-26(29)30-2/h16-19,22-24,27H,3-15H2,1-2H3/t22-,23?,24?/m0/s1. The normalized spacial score (nSPS) is 20.2. The van der Waals surface area contributed by atoms with Gasteiger partial charge >= 0.3 is 5.97 Å². The lowest BCUT2D eigenvalue weighted by atomic mass is 9.72. The van der Waals surface area contributed by atoms with Crippen molar-refractivity contribution in [2.75, 3.05) is 7.11 Å². The van der Waals surface area contributed by atoms with E-state index in [1.807, 2.05) is 0 Å². The van der Waals surface area contributed by atoms with Gasteiger partial charge in [0.25, 0.3) is 0 Å². The maximum Gasteiger partial charge on any atom is 0.305 e. The topological polar surface area (TPSA) is 63.6 Å². The molecule has 30 heavy (non-hydrogen) atoms. The Hall–Kier alpha value is -1.68. The summed E-state index contributed by atoms with van der Waals surface area (Å²) in [4.78, 5) is 23.8. The molecule has 0 spiro atoms. The van der Waals surface area contributed by atoms with Crippen LogP contribution in [0.4, 0.5) is 0 Å². The van der Waals surface area contributed by atoms with Crippen molar-refractivity contribution in [1.82, 2.24) is 0 Å². The molecule has 1 aromatic rings. The predicted molar refractivity (Wildman–Crippen MR) is 120 cm³/mol. The van der Waals surface area contributed by atoms with Crippen molar-refractivity contribution in [2.45, 2.75) is 102 Å². The number of aliphatic hydroxyl groups excluding tert-OH is 1. The summed E-state index contributed by atoms with van der Waals surface area (Å²) in [6, 6.07) is 8.36. The molecule has 0 aromatic heterocycles. The van der Waals surface area contributed by atoms with Crippen molar-refractivity contribution < 1.29 is 19.4 Å². The summed E-state index contributed by atoms with van der Waals surface area (Å²) in [5.74, 6) is 0.674. The monoisotopic (exact) mass is 416 g/mol. The fourth-order valence-electron chi connectivity index (χ4n) is 4.68. The number of hydrogen-bond acceptors (Lipinski definition) is 4. The second-order valence-electron chi connectivity index (χ2n) is 8.78. The lowest BCUT2D eigenvalue weighted by Gasteiger charge is -2.31. The summed E-state index contributed by atoms with van der Waals surface area (Å²) in [6.07, 6.45) is 11.9.